The lowest BCUT2D eigenvalue weighted by Crippen LogP contribution is -2.14. The Balaban J connectivity index is 2.22. The number of carbonyl (C=O) groups excluding carboxylic acids is 1. The average molecular weight is 333 g/mol. The van der Waals surface area contributed by atoms with Crippen LogP contribution >= 0.6 is 0 Å². The molecule has 0 aliphatic carbocycles. The van der Waals surface area contributed by atoms with Crippen LogP contribution in [0.3, 0.4) is 0 Å². The number of primary amides is 1. The molecule has 0 atom stereocenters. The van der Waals surface area contributed by atoms with Crippen LogP contribution in [0.15, 0.2) is 60.8 Å². The van der Waals surface area contributed by atoms with Gasteiger partial charge >= 0.3 is 0 Å². The van der Waals surface area contributed by atoms with E-state index in [4.69, 9.17) is 10.5 Å². The highest BCUT2D eigenvalue weighted by Gasteiger charge is 2.21. The van der Waals surface area contributed by atoms with Crippen molar-refractivity contribution in [3.8, 4) is 22.8 Å². The molecule has 1 amide bonds. The third kappa shape index (κ3) is 3.50. The molecule has 0 fully saturated rings. The van der Waals surface area contributed by atoms with Gasteiger partial charge in [0.05, 0.1) is 11.1 Å². The first kappa shape index (κ1) is 16.6. The first-order valence-electron chi connectivity index (χ1n) is 8.05. The maximum absolute atomic E-state index is 12.0. The summed E-state index contributed by atoms with van der Waals surface area (Å²) in [6.45, 7) is 4.12. The predicted octanol–water partition coefficient (Wildman–Crippen LogP) is 4.16. The molecule has 2 aromatic carbocycles. The minimum Gasteiger partial charge on any atom is -0.457 e. The molecule has 25 heavy (non-hydrogen) atoms. The van der Waals surface area contributed by atoms with Crippen molar-refractivity contribution in [3.05, 3.63) is 71.9 Å². The summed E-state index contributed by atoms with van der Waals surface area (Å²) < 4.78 is 6.01. The fraction of sp³-hybridized carbons (Fsp3) is 0.150. The van der Waals surface area contributed by atoms with Gasteiger partial charge in [-0.1, -0.05) is 38.1 Å². The summed E-state index contributed by atoms with van der Waals surface area (Å²) >= 11 is 0. The Morgan fingerprint density at radius 2 is 1.80 bits per heavy atom. The summed E-state index contributed by atoms with van der Waals surface area (Å²) in [4.78, 5) is 12.0. The Morgan fingerprint density at radius 3 is 2.48 bits per heavy atom. The summed E-state index contributed by atoms with van der Waals surface area (Å²) in [7, 11) is 0. The monoisotopic (exact) mass is 333 g/mol. The van der Waals surface area contributed by atoms with Crippen molar-refractivity contribution in [1.29, 1.82) is 0 Å². The van der Waals surface area contributed by atoms with Crippen LogP contribution in [0.1, 0.15) is 35.7 Å². The van der Waals surface area contributed by atoms with Gasteiger partial charge < -0.3 is 10.5 Å². The van der Waals surface area contributed by atoms with E-state index >= 15 is 0 Å². The van der Waals surface area contributed by atoms with Gasteiger partial charge in [0.15, 0.2) is 0 Å². The van der Waals surface area contributed by atoms with Crippen LogP contribution in [-0.2, 0) is 0 Å². The molecule has 0 aliphatic heterocycles. The van der Waals surface area contributed by atoms with Crippen molar-refractivity contribution in [2.45, 2.75) is 19.8 Å². The van der Waals surface area contributed by atoms with Gasteiger partial charge in [-0.2, -0.15) is 10.2 Å². The molecule has 0 saturated heterocycles. The molecular formula is C20H19N3O2. The van der Waals surface area contributed by atoms with Crippen molar-refractivity contribution in [2.24, 2.45) is 5.73 Å². The lowest BCUT2D eigenvalue weighted by Gasteiger charge is -2.17. The number of carbonyl (C=O) groups is 1. The predicted molar refractivity (Wildman–Crippen MR) is 96.6 cm³/mol. The molecule has 1 heterocycles. The second kappa shape index (κ2) is 7.13. The fourth-order valence-electron chi connectivity index (χ4n) is 2.68. The number of hydrogen-bond donors (Lipinski definition) is 1. The smallest absolute Gasteiger partial charge is 0.249 e. The van der Waals surface area contributed by atoms with E-state index in [0.717, 1.165) is 5.56 Å². The Labute approximate surface area is 146 Å². The number of amides is 1. The third-order valence-electron chi connectivity index (χ3n) is 3.87. The molecule has 126 valence electrons. The van der Waals surface area contributed by atoms with Crippen LogP contribution in [0.4, 0.5) is 0 Å². The third-order valence-corrected chi connectivity index (χ3v) is 3.87. The van der Waals surface area contributed by atoms with Crippen LogP contribution in [-0.4, -0.2) is 16.1 Å². The summed E-state index contributed by atoms with van der Waals surface area (Å²) in [6.07, 6.45) is 1.64. The van der Waals surface area contributed by atoms with Crippen LogP contribution in [0.25, 0.3) is 11.3 Å². The average Bonchev–Trinajstić information content (AvgIpc) is 2.62. The standard InChI is InChI=1S/C20H19N3O2/c1-13(2)15-11-12-22-23-19(15)18-16(20(21)24)9-6-10-17(18)25-14-7-4-3-5-8-14/h3-13H,1-2H3,(H2,21,24). The van der Waals surface area contributed by atoms with Crippen molar-refractivity contribution < 1.29 is 9.53 Å². The number of benzene rings is 2. The first-order valence-corrected chi connectivity index (χ1v) is 8.05. The Bertz CT molecular complexity index is 892. The topological polar surface area (TPSA) is 78.1 Å². The fourth-order valence-corrected chi connectivity index (χ4v) is 2.68. The van der Waals surface area contributed by atoms with E-state index in [2.05, 4.69) is 24.0 Å². The minimum absolute atomic E-state index is 0.205. The van der Waals surface area contributed by atoms with Gasteiger partial charge in [-0.25, -0.2) is 0 Å². The Kier molecular flexibility index (Phi) is 4.75. The first-order chi connectivity index (χ1) is 12.1. The molecule has 0 bridgehead atoms. The lowest BCUT2D eigenvalue weighted by molar-refractivity contribution is 0.100. The number of nitrogens with two attached hydrogens (primary N) is 1. The highest BCUT2D eigenvalue weighted by molar-refractivity contribution is 6.01. The van der Waals surface area contributed by atoms with E-state index in [-0.39, 0.29) is 5.92 Å². The number of rotatable bonds is 5. The van der Waals surface area contributed by atoms with Crippen molar-refractivity contribution in [1.82, 2.24) is 10.2 Å². The van der Waals surface area contributed by atoms with Crippen LogP contribution in [0, 0.1) is 0 Å². The van der Waals surface area contributed by atoms with Gasteiger partial charge in [-0.05, 0) is 41.8 Å². The van der Waals surface area contributed by atoms with E-state index in [0.29, 0.717) is 28.3 Å². The highest BCUT2D eigenvalue weighted by Crippen LogP contribution is 2.38. The second-order valence-corrected chi connectivity index (χ2v) is 5.95. The van der Waals surface area contributed by atoms with E-state index in [1.165, 1.54) is 0 Å². The number of nitrogens with zero attached hydrogens (tertiary/aromatic N) is 2. The maximum atomic E-state index is 12.0. The summed E-state index contributed by atoms with van der Waals surface area (Å²) in [5.41, 5.74) is 8.10. The molecule has 3 aromatic rings. The van der Waals surface area contributed by atoms with E-state index in [1.807, 2.05) is 36.4 Å². The largest absolute Gasteiger partial charge is 0.457 e. The quantitative estimate of drug-likeness (QED) is 0.760. The molecule has 0 saturated carbocycles. The molecule has 0 aliphatic rings. The van der Waals surface area contributed by atoms with Gasteiger partial charge in [0, 0.05) is 6.20 Å². The van der Waals surface area contributed by atoms with Crippen molar-refractivity contribution in [2.75, 3.05) is 0 Å². The van der Waals surface area contributed by atoms with E-state index in [9.17, 15) is 4.79 Å². The zero-order chi connectivity index (χ0) is 17.8. The molecule has 3 rings (SSSR count). The van der Waals surface area contributed by atoms with E-state index < -0.39 is 5.91 Å². The summed E-state index contributed by atoms with van der Waals surface area (Å²) in [6, 6.07) is 16.5. The van der Waals surface area contributed by atoms with Gasteiger partial charge in [0.25, 0.3) is 0 Å². The zero-order valence-electron chi connectivity index (χ0n) is 14.1. The molecule has 2 N–H and O–H groups in total. The Hall–Kier alpha value is -3.21. The molecule has 0 spiro atoms. The van der Waals surface area contributed by atoms with Gasteiger partial charge in [0.1, 0.15) is 17.2 Å². The number of para-hydroxylation sites is 1. The number of hydrogen-bond acceptors (Lipinski definition) is 4. The number of ether oxygens (including phenoxy) is 1. The molecule has 5 nitrogen and oxygen atoms in total. The van der Waals surface area contributed by atoms with Crippen LogP contribution in [0.5, 0.6) is 11.5 Å². The summed E-state index contributed by atoms with van der Waals surface area (Å²) in [5.74, 6) is 0.857. The van der Waals surface area contributed by atoms with Gasteiger partial charge in [-0.3, -0.25) is 4.79 Å². The summed E-state index contributed by atoms with van der Waals surface area (Å²) in [5, 5.41) is 8.27. The van der Waals surface area contributed by atoms with Crippen molar-refractivity contribution in [3.63, 3.8) is 0 Å². The van der Waals surface area contributed by atoms with Crippen LogP contribution < -0.4 is 10.5 Å². The minimum atomic E-state index is -0.533. The zero-order valence-corrected chi connectivity index (χ0v) is 14.1. The lowest BCUT2D eigenvalue weighted by atomic mass is 9.94. The van der Waals surface area contributed by atoms with Gasteiger partial charge in [0.2, 0.25) is 5.91 Å². The van der Waals surface area contributed by atoms with Gasteiger partial charge in [-0.15, -0.1) is 0 Å². The maximum Gasteiger partial charge on any atom is 0.249 e. The molecular weight excluding hydrogens is 314 g/mol. The molecule has 0 unspecified atom stereocenters. The SMILES string of the molecule is CC(C)c1ccnnc1-c1c(Oc2ccccc2)cccc1C(N)=O. The second-order valence-electron chi connectivity index (χ2n) is 5.95. The molecule has 0 radical (unpaired) electrons. The normalized spacial score (nSPS) is 10.7. The van der Waals surface area contributed by atoms with Crippen LogP contribution in [0.2, 0.25) is 0 Å². The Morgan fingerprint density at radius 1 is 1.04 bits per heavy atom. The molecule has 1 aromatic heterocycles. The highest BCUT2D eigenvalue weighted by atomic mass is 16.5. The molecule has 5 heteroatoms. The van der Waals surface area contributed by atoms with E-state index in [1.54, 1.807) is 24.4 Å². The van der Waals surface area contributed by atoms with Crippen molar-refractivity contribution >= 4 is 5.91 Å². The number of aromatic nitrogens is 2.